The molecule has 0 radical (unpaired) electrons. The van der Waals surface area contributed by atoms with E-state index in [0.717, 1.165) is 38.8 Å². The maximum atomic E-state index is 12.7. The molecule has 1 fully saturated rings. The predicted octanol–water partition coefficient (Wildman–Crippen LogP) is 2.89. The van der Waals surface area contributed by atoms with E-state index in [1.165, 1.54) is 5.56 Å². The summed E-state index contributed by atoms with van der Waals surface area (Å²) in [6.07, 6.45) is 12.2. The smallest absolute Gasteiger partial charge is 0.225 e. The van der Waals surface area contributed by atoms with Gasteiger partial charge in [-0.2, -0.15) is 0 Å². The van der Waals surface area contributed by atoms with Crippen LogP contribution in [0.1, 0.15) is 37.3 Å². The van der Waals surface area contributed by atoms with E-state index in [2.05, 4.69) is 35.1 Å². The molecule has 1 saturated heterocycles. The second-order valence-corrected chi connectivity index (χ2v) is 6.96. The first-order valence-corrected chi connectivity index (χ1v) is 8.67. The Labute approximate surface area is 139 Å². The molecular formula is C19H27N3O. The molecule has 0 unspecified atom stereocenters. The summed E-state index contributed by atoms with van der Waals surface area (Å²) in [5, 5.41) is 0. The molecule has 124 valence electrons. The number of carbonyl (C=O) groups is 1. The van der Waals surface area contributed by atoms with Crippen LogP contribution in [-0.2, 0) is 4.79 Å². The van der Waals surface area contributed by atoms with Crippen LogP contribution in [0.2, 0.25) is 0 Å². The number of allylic oxidation sites excluding steroid dienone is 2. The Balaban J connectivity index is 1.66. The van der Waals surface area contributed by atoms with Crippen molar-refractivity contribution in [3.8, 4) is 0 Å². The maximum Gasteiger partial charge on any atom is 0.225 e. The number of hydrogen-bond acceptors (Lipinski definition) is 3. The summed E-state index contributed by atoms with van der Waals surface area (Å²) >= 11 is 0. The molecule has 3 rings (SSSR count). The van der Waals surface area contributed by atoms with Gasteiger partial charge in [-0.1, -0.05) is 18.2 Å². The SMILES string of the molecule is CN(C[C@@H]1CCN(C)[C@H]1c1cccnc1)C(=O)[C@H]1CC=CCC1. The topological polar surface area (TPSA) is 36.4 Å². The van der Waals surface area contributed by atoms with Crippen LogP contribution in [0.3, 0.4) is 0 Å². The van der Waals surface area contributed by atoms with Crippen molar-refractivity contribution >= 4 is 5.91 Å². The Kier molecular flexibility index (Phi) is 5.11. The van der Waals surface area contributed by atoms with E-state index < -0.39 is 0 Å². The van der Waals surface area contributed by atoms with Crippen LogP contribution in [0.5, 0.6) is 0 Å². The fraction of sp³-hybridized carbons (Fsp3) is 0.579. The minimum absolute atomic E-state index is 0.181. The average molecular weight is 313 g/mol. The van der Waals surface area contributed by atoms with Gasteiger partial charge >= 0.3 is 0 Å². The van der Waals surface area contributed by atoms with Crippen molar-refractivity contribution < 1.29 is 4.79 Å². The highest BCUT2D eigenvalue weighted by Crippen LogP contribution is 2.36. The van der Waals surface area contributed by atoms with Crippen LogP contribution >= 0.6 is 0 Å². The Hall–Kier alpha value is -1.68. The van der Waals surface area contributed by atoms with E-state index in [4.69, 9.17) is 0 Å². The van der Waals surface area contributed by atoms with Gasteiger partial charge < -0.3 is 4.90 Å². The van der Waals surface area contributed by atoms with E-state index in [1.807, 2.05) is 30.4 Å². The Morgan fingerprint density at radius 1 is 1.39 bits per heavy atom. The molecule has 0 saturated carbocycles. The lowest BCUT2D eigenvalue weighted by Gasteiger charge is -2.30. The second-order valence-electron chi connectivity index (χ2n) is 6.96. The van der Waals surface area contributed by atoms with Gasteiger partial charge in [-0.3, -0.25) is 14.7 Å². The zero-order chi connectivity index (χ0) is 16.2. The van der Waals surface area contributed by atoms with Crippen LogP contribution < -0.4 is 0 Å². The highest BCUT2D eigenvalue weighted by molar-refractivity contribution is 5.79. The van der Waals surface area contributed by atoms with Crippen molar-refractivity contribution in [2.45, 2.75) is 31.7 Å². The lowest BCUT2D eigenvalue weighted by atomic mass is 9.91. The predicted molar refractivity (Wildman–Crippen MR) is 91.8 cm³/mol. The molecule has 1 aromatic heterocycles. The molecule has 0 N–H and O–H groups in total. The fourth-order valence-corrected chi connectivity index (χ4v) is 4.07. The van der Waals surface area contributed by atoms with Crippen molar-refractivity contribution in [2.75, 3.05) is 27.2 Å². The molecule has 2 aliphatic rings. The third-order valence-electron chi connectivity index (χ3n) is 5.30. The normalized spacial score (nSPS) is 28.0. The van der Waals surface area contributed by atoms with Gasteiger partial charge in [0.05, 0.1) is 0 Å². The van der Waals surface area contributed by atoms with Crippen molar-refractivity contribution in [3.05, 3.63) is 42.2 Å². The molecule has 0 aromatic carbocycles. The maximum absolute atomic E-state index is 12.7. The van der Waals surface area contributed by atoms with Gasteiger partial charge in [-0.25, -0.2) is 0 Å². The zero-order valence-electron chi connectivity index (χ0n) is 14.2. The van der Waals surface area contributed by atoms with Crippen molar-refractivity contribution in [1.29, 1.82) is 0 Å². The molecule has 1 aliphatic heterocycles. The summed E-state index contributed by atoms with van der Waals surface area (Å²) in [4.78, 5) is 21.3. The van der Waals surface area contributed by atoms with E-state index in [0.29, 0.717) is 17.9 Å². The number of pyridine rings is 1. The average Bonchev–Trinajstić information content (AvgIpc) is 2.96. The van der Waals surface area contributed by atoms with Crippen LogP contribution in [0.25, 0.3) is 0 Å². The highest BCUT2D eigenvalue weighted by atomic mass is 16.2. The fourth-order valence-electron chi connectivity index (χ4n) is 4.07. The van der Waals surface area contributed by atoms with Crippen LogP contribution in [0, 0.1) is 11.8 Å². The van der Waals surface area contributed by atoms with Crippen molar-refractivity contribution in [2.24, 2.45) is 11.8 Å². The number of aromatic nitrogens is 1. The summed E-state index contributed by atoms with van der Waals surface area (Å²) in [6.45, 7) is 1.92. The Bertz CT molecular complexity index is 557. The molecular weight excluding hydrogens is 286 g/mol. The van der Waals surface area contributed by atoms with Crippen molar-refractivity contribution in [1.82, 2.24) is 14.8 Å². The van der Waals surface area contributed by atoms with Gasteiger partial charge in [0.1, 0.15) is 0 Å². The van der Waals surface area contributed by atoms with E-state index in [9.17, 15) is 4.79 Å². The summed E-state index contributed by atoms with van der Waals surface area (Å²) in [5.74, 6) is 0.979. The number of carbonyl (C=O) groups excluding carboxylic acids is 1. The molecule has 4 heteroatoms. The van der Waals surface area contributed by atoms with Crippen LogP contribution in [-0.4, -0.2) is 47.9 Å². The first-order chi connectivity index (χ1) is 11.2. The molecule has 4 nitrogen and oxygen atoms in total. The Morgan fingerprint density at radius 2 is 2.26 bits per heavy atom. The second kappa shape index (κ2) is 7.26. The molecule has 2 heterocycles. The number of hydrogen-bond donors (Lipinski definition) is 0. The molecule has 23 heavy (non-hydrogen) atoms. The summed E-state index contributed by atoms with van der Waals surface area (Å²) in [6, 6.07) is 4.52. The number of rotatable bonds is 4. The first-order valence-electron chi connectivity index (χ1n) is 8.67. The summed E-state index contributed by atoms with van der Waals surface area (Å²) in [5.41, 5.74) is 1.26. The zero-order valence-corrected chi connectivity index (χ0v) is 14.2. The molecule has 3 atom stereocenters. The van der Waals surface area contributed by atoms with Gasteiger partial charge in [-0.15, -0.1) is 0 Å². The largest absolute Gasteiger partial charge is 0.345 e. The Morgan fingerprint density at radius 3 is 2.96 bits per heavy atom. The molecule has 0 bridgehead atoms. The lowest BCUT2D eigenvalue weighted by molar-refractivity contribution is -0.135. The van der Waals surface area contributed by atoms with Gasteiger partial charge in [0, 0.05) is 37.9 Å². The highest BCUT2D eigenvalue weighted by Gasteiger charge is 2.35. The summed E-state index contributed by atoms with van der Waals surface area (Å²) in [7, 11) is 4.14. The minimum Gasteiger partial charge on any atom is -0.345 e. The van der Waals surface area contributed by atoms with E-state index >= 15 is 0 Å². The van der Waals surface area contributed by atoms with Gasteiger partial charge in [-0.05, 0) is 56.8 Å². The number of amides is 1. The third-order valence-corrected chi connectivity index (χ3v) is 5.30. The van der Waals surface area contributed by atoms with Gasteiger partial charge in [0.25, 0.3) is 0 Å². The lowest BCUT2D eigenvalue weighted by Crippen LogP contribution is -2.38. The first kappa shape index (κ1) is 16.2. The molecule has 1 aliphatic carbocycles. The summed E-state index contributed by atoms with van der Waals surface area (Å²) < 4.78 is 0. The van der Waals surface area contributed by atoms with Gasteiger partial charge in [0.15, 0.2) is 0 Å². The third kappa shape index (κ3) is 3.63. The van der Waals surface area contributed by atoms with E-state index in [-0.39, 0.29) is 5.92 Å². The standard InChI is InChI=1S/C19H27N3O/c1-21-12-10-17(18(21)16-9-6-11-20-13-16)14-22(2)19(23)15-7-4-3-5-8-15/h3-4,6,9,11,13,15,17-18H,5,7-8,10,12,14H2,1-2H3/t15-,17-,18-/m0/s1. The number of likely N-dealkylation sites (tertiary alicyclic amines) is 1. The minimum atomic E-state index is 0.181. The number of nitrogens with zero attached hydrogens (tertiary/aromatic N) is 3. The monoisotopic (exact) mass is 313 g/mol. The molecule has 1 aromatic rings. The quantitative estimate of drug-likeness (QED) is 0.802. The van der Waals surface area contributed by atoms with E-state index in [1.54, 1.807) is 0 Å². The molecule has 0 spiro atoms. The van der Waals surface area contributed by atoms with Crippen LogP contribution in [0.4, 0.5) is 0 Å². The van der Waals surface area contributed by atoms with Crippen LogP contribution in [0.15, 0.2) is 36.7 Å². The van der Waals surface area contributed by atoms with Gasteiger partial charge in [0.2, 0.25) is 5.91 Å². The molecule has 1 amide bonds. The van der Waals surface area contributed by atoms with Crippen molar-refractivity contribution in [3.63, 3.8) is 0 Å².